The molecule has 1 aliphatic heterocycles. The fraction of sp³-hybridized carbons (Fsp3) is 0.500. The third-order valence-corrected chi connectivity index (χ3v) is 3.86. The van der Waals surface area contributed by atoms with E-state index in [0.29, 0.717) is 6.54 Å². The van der Waals surface area contributed by atoms with Crippen LogP contribution in [-0.4, -0.2) is 59.3 Å². The minimum absolute atomic E-state index is 0.238. The van der Waals surface area contributed by atoms with Gasteiger partial charge in [0.25, 0.3) is 0 Å². The van der Waals surface area contributed by atoms with Gasteiger partial charge in [-0.05, 0) is 18.2 Å². The summed E-state index contributed by atoms with van der Waals surface area (Å²) in [6.45, 7) is 5.41. The van der Waals surface area contributed by atoms with E-state index in [1.807, 2.05) is 6.07 Å². The molecule has 6 heteroatoms. The van der Waals surface area contributed by atoms with Gasteiger partial charge in [0, 0.05) is 38.4 Å². The summed E-state index contributed by atoms with van der Waals surface area (Å²) in [5.74, 6) is 0.824. The molecule has 0 aliphatic carbocycles. The number of aromatic nitrogens is 2. The molecule has 108 valence electrons. The SMILES string of the molecule is NCc1nc2ccc(N3CCN(CCO)CC3)cc2[nH]1. The van der Waals surface area contributed by atoms with Crippen LogP contribution in [0.5, 0.6) is 0 Å². The van der Waals surface area contributed by atoms with Gasteiger partial charge in [-0.3, -0.25) is 4.90 Å². The summed E-state index contributed by atoms with van der Waals surface area (Å²) in [4.78, 5) is 12.3. The molecule has 1 aromatic carbocycles. The van der Waals surface area contributed by atoms with E-state index in [1.54, 1.807) is 0 Å². The minimum atomic E-state index is 0.238. The summed E-state index contributed by atoms with van der Waals surface area (Å²) in [5.41, 5.74) is 8.83. The number of H-pyrrole nitrogens is 1. The molecule has 2 aromatic rings. The summed E-state index contributed by atoms with van der Waals surface area (Å²) < 4.78 is 0. The number of anilines is 1. The van der Waals surface area contributed by atoms with Crippen molar-refractivity contribution in [3.05, 3.63) is 24.0 Å². The van der Waals surface area contributed by atoms with E-state index in [-0.39, 0.29) is 6.61 Å². The number of imidazole rings is 1. The number of benzene rings is 1. The first-order valence-electron chi connectivity index (χ1n) is 7.07. The Balaban J connectivity index is 1.74. The summed E-state index contributed by atoms with van der Waals surface area (Å²) in [6, 6.07) is 6.30. The Kier molecular flexibility index (Phi) is 3.86. The standard InChI is InChI=1S/C14H21N5O/c15-10-14-16-12-2-1-11(9-13(12)17-14)19-5-3-18(4-6-19)7-8-20/h1-2,9,20H,3-8,10,15H2,(H,16,17). The number of aliphatic hydroxyl groups is 1. The summed E-state index contributed by atoms with van der Waals surface area (Å²) in [7, 11) is 0. The molecule has 3 rings (SSSR count). The molecule has 4 N–H and O–H groups in total. The first-order valence-corrected chi connectivity index (χ1v) is 7.07. The van der Waals surface area contributed by atoms with Crippen molar-refractivity contribution in [3.8, 4) is 0 Å². The van der Waals surface area contributed by atoms with Crippen LogP contribution in [-0.2, 0) is 6.54 Å². The molecule has 0 bridgehead atoms. The summed E-state index contributed by atoms with van der Waals surface area (Å²) in [5, 5.41) is 8.97. The maximum Gasteiger partial charge on any atom is 0.121 e. The minimum Gasteiger partial charge on any atom is -0.395 e. The van der Waals surface area contributed by atoms with Gasteiger partial charge in [0.15, 0.2) is 0 Å². The number of nitrogens with one attached hydrogen (secondary N) is 1. The molecule has 1 aromatic heterocycles. The van der Waals surface area contributed by atoms with Gasteiger partial charge in [0.1, 0.15) is 5.82 Å². The average molecular weight is 275 g/mol. The Morgan fingerprint density at radius 2 is 2.05 bits per heavy atom. The van der Waals surface area contributed by atoms with Crippen LogP contribution in [0.25, 0.3) is 11.0 Å². The van der Waals surface area contributed by atoms with Crippen LogP contribution in [0.1, 0.15) is 5.82 Å². The smallest absolute Gasteiger partial charge is 0.121 e. The third kappa shape index (κ3) is 2.63. The zero-order valence-corrected chi connectivity index (χ0v) is 11.5. The zero-order chi connectivity index (χ0) is 13.9. The quantitative estimate of drug-likeness (QED) is 0.739. The number of aromatic amines is 1. The Hall–Kier alpha value is -1.63. The molecule has 0 unspecified atom stereocenters. The van der Waals surface area contributed by atoms with Crippen LogP contribution >= 0.6 is 0 Å². The van der Waals surface area contributed by atoms with Crippen LogP contribution in [0.15, 0.2) is 18.2 Å². The lowest BCUT2D eigenvalue weighted by Crippen LogP contribution is -2.47. The molecule has 0 amide bonds. The molecule has 6 nitrogen and oxygen atoms in total. The van der Waals surface area contributed by atoms with Gasteiger partial charge in [-0.1, -0.05) is 0 Å². The Bertz CT molecular complexity index is 574. The topological polar surface area (TPSA) is 81.4 Å². The fourth-order valence-corrected chi connectivity index (χ4v) is 2.71. The Morgan fingerprint density at radius 1 is 1.25 bits per heavy atom. The summed E-state index contributed by atoms with van der Waals surface area (Å²) in [6.07, 6.45) is 0. The number of fused-ring (bicyclic) bond motifs is 1. The first kappa shape index (κ1) is 13.4. The van der Waals surface area contributed by atoms with E-state index in [2.05, 4.69) is 31.9 Å². The number of nitrogens with zero attached hydrogens (tertiary/aromatic N) is 3. The van der Waals surface area contributed by atoms with Crippen molar-refractivity contribution in [3.63, 3.8) is 0 Å². The van der Waals surface area contributed by atoms with Crippen LogP contribution in [0.2, 0.25) is 0 Å². The number of nitrogens with two attached hydrogens (primary N) is 1. The molecule has 1 saturated heterocycles. The lowest BCUT2D eigenvalue weighted by Gasteiger charge is -2.35. The van der Waals surface area contributed by atoms with Crippen LogP contribution in [0.4, 0.5) is 5.69 Å². The van der Waals surface area contributed by atoms with Gasteiger partial charge in [0.05, 0.1) is 24.2 Å². The lowest BCUT2D eigenvalue weighted by atomic mass is 10.2. The third-order valence-electron chi connectivity index (χ3n) is 3.86. The van der Waals surface area contributed by atoms with Crippen molar-refractivity contribution in [1.29, 1.82) is 0 Å². The molecule has 1 fully saturated rings. The summed E-state index contributed by atoms with van der Waals surface area (Å²) >= 11 is 0. The Labute approximate surface area is 118 Å². The number of β-amino-alcohol motifs (C(OH)–C–C–N with tert-alkyl or cyclic N) is 1. The average Bonchev–Trinajstić information content (AvgIpc) is 2.90. The molecule has 0 atom stereocenters. The maximum atomic E-state index is 8.97. The van der Waals surface area contributed by atoms with Gasteiger partial charge in [0.2, 0.25) is 0 Å². The highest BCUT2D eigenvalue weighted by Crippen LogP contribution is 2.21. The highest BCUT2D eigenvalue weighted by molar-refractivity contribution is 5.79. The monoisotopic (exact) mass is 275 g/mol. The number of rotatable bonds is 4. The van der Waals surface area contributed by atoms with Crippen LogP contribution in [0, 0.1) is 0 Å². The lowest BCUT2D eigenvalue weighted by molar-refractivity contribution is 0.189. The zero-order valence-electron chi connectivity index (χ0n) is 11.5. The number of aliphatic hydroxyl groups excluding tert-OH is 1. The van der Waals surface area contributed by atoms with E-state index in [9.17, 15) is 0 Å². The van der Waals surface area contributed by atoms with Crippen molar-refractivity contribution >= 4 is 16.7 Å². The predicted octanol–water partition coefficient (Wildman–Crippen LogP) is 0.136. The first-order chi connectivity index (χ1) is 9.80. The van der Waals surface area contributed by atoms with Crippen LogP contribution in [0.3, 0.4) is 0 Å². The predicted molar refractivity (Wildman–Crippen MR) is 79.7 cm³/mol. The van der Waals surface area contributed by atoms with E-state index < -0.39 is 0 Å². The van der Waals surface area contributed by atoms with E-state index in [0.717, 1.165) is 49.6 Å². The molecule has 0 radical (unpaired) electrons. The highest BCUT2D eigenvalue weighted by atomic mass is 16.3. The second kappa shape index (κ2) is 5.78. The van der Waals surface area contributed by atoms with Crippen LogP contribution < -0.4 is 10.6 Å². The van der Waals surface area contributed by atoms with Crippen molar-refractivity contribution in [2.75, 3.05) is 44.2 Å². The van der Waals surface area contributed by atoms with Gasteiger partial charge < -0.3 is 20.7 Å². The van der Waals surface area contributed by atoms with Crippen molar-refractivity contribution < 1.29 is 5.11 Å². The highest BCUT2D eigenvalue weighted by Gasteiger charge is 2.17. The molecule has 0 spiro atoms. The molecule has 1 aliphatic rings. The number of piperazine rings is 1. The fourth-order valence-electron chi connectivity index (χ4n) is 2.71. The van der Waals surface area contributed by atoms with Crippen molar-refractivity contribution in [2.24, 2.45) is 5.73 Å². The molecule has 2 heterocycles. The molecule has 0 saturated carbocycles. The molecular weight excluding hydrogens is 254 g/mol. The Morgan fingerprint density at radius 3 is 2.75 bits per heavy atom. The van der Waals surface area contributed by atoms with Crippen molar-refractivity contribution in [1.82, 2.24) is 14.9 Å². The van der Waals surface area contributed by atoms with E-state index in [1.165, 1.54) is 5.69 Å². The maximum absolute atomic E-state index is 8.97. The molecular formula is C14H21N5O. The van der Waals surface area contributed by atoms with Crippen molar-refractivity contribution in [2.45, 2.75) is 6.54 Å². The van der Waals surface area contributed by atoms with Gasteiger partial charge in [-0.15, -0.1) is 0 Å². The van der Waals surface area contributed by atoms with Gasteiger partial charge in [-0.2, -0.15) is 0 Å². The van der Waals surface area contributed by atoms with Gasteiger partial charge >= 0.3 is 0 Å². The molecule has 20 heavy (non-hydrogen) atoms. The largest absolute Gasteiger partial charge is 0.395 e. The van der Waals surface area contributed by atoms with E-state index in [4.69, 9.17) is 10.8 Å². The van der Waals surface area contributed by atoms with Gasteiger partial charge in [-0.25, -0.2) is 4.98 Å². The normalized spacial score (nSPS) is 17.0. The second-order valence-corrected chi connectivity index (χ2v) is 5.14. The number of hydrogen-bond acceptors (Lipinski definition) is 5. The van der Waals surface area contributed by atoms with E-state index >= 15 is 0 Å². The number of hydrogen-bond donors (Lipinski definition) is 3. The second-order valence-electron chi connectivity index (χ2n) is 5.14.